The van der Waals surface area contributed by atoms with E-state index in [0.29, 0.717) is 13.1 Å². The van der Waals surface area contributed by atoms with Crippen molar-refractivity contribution in [3.05, 3.63) is 35.9 Å². The maximum absolute atomic E-state index is 11.5. The molecule has 1 atom stereocenters. The van der Waals surface area contributed by atoms with Crippen molar-refractivity contribution < 1.29 is 4.79 Å². The van der Waals surface area contributed by atoms with Crippen LogP contribution in [0.3, 0.4) is 0 Å². The average Bonchev–Trinajstić information content (AvgIpc) is 2.48. The Balaban J connectivity index is 0. The Morgan fingerprint density at radius 2 is 1.57 bits per heavy atom. The molecule has 0 radical (unpaired) electrons. The average molecular weight is 387 g/mol. The molecular formula is C14H26Cl3N5O. The topological polar surface area (TPSA) is 102 Å². The summed E-state index contributed by atoms with van der Waals surface area (Å²) in [4.78, 5) is 15.7. The summed E-state index contributed by atoms with van der Waals surface area (Å²) in [6, 6.07) is 10.3. The molecule has 0 aliphatic carbocycles. The molecule has 1 fully saturated rings. The van der Waals surface area contributed by atoms with Gasteiger partial charge in [-0.3, -0.25) is 14.6 Å². The molecule has 6 N–H and O–H groups in total. The van der Waals surface area contributed by atoms with E-state index < -0.39 is 11.6 Å². The van der Waals surface area contributed by atoms with Gasteiger partial charge in [0.05, 0.1) is 0 Å². The number of piperazine rings is 1. The molecule has 6 nitrogen and oxygen atoms in total. The first-order valence-corrected chi connectivity index (χ1v) is 6.86. The van der Waals surface area contributed by atoms with Gasteiger partial charge in [-0.05, 0) is 5.56 Å². The highest BCUT2D eigenvalue weighted by molar-refractivity contribution is 5.86. The van der Waals surface area contributed by atoms with Gasteiger partial charge in [-0.15, -0.1) is 37.2 Å². The number of carbonyl (C=O) groups excluding carboxylic acids is 1. The van der Waals surface area contributed by atoms with Gasteiger partial charge in [-0.2, -0.15) is 0 Å². The minimum Gasteiger partial charge on any atom is -0.367 e. The van der Waals surface area contributed by atoms with Gasteiger partial charge in [-0.1, -0.05) is 30.3 Å². The number of halogens is 3. The Morgan fingerprint density at radius 1 is 1.04 bits per heavy atom. The van der Waals surface area contributed by atoms with Crippen molar-refractivity contribution in [1.82, 2.24) is 9.80 Å². The van der Waals surface area contributed by atoms with E-state index in [9.17, 15) is 4.79 Å². The lowest BCUT2D eigenvalue weighted by Gasteiger charge is -2.43. The number of benzene rings is 1. The lowest BCUT2D eigenvalue weighted by Crippen LogP contribution is -2.70. The third kappa shape index (κ3) is 6.08. The van der Waals surface area contributed by atoms with Crippen LogP contribution < -0.4 is 17.2 Å². The highest BCUT2D eigenvalue weighted by Gasteiger charge is 2.38. The van der Waals surface area contributed by atoms with E-state index in [-0.39, 0.29) is 43.8 Å². The van der Waals surface area contributed by atoms with E-state index in [1.807, 2.05) is 23.1 Å². The fourth-order valence-corrected chi connectivity index (χ4v) is 2.53. The second-order valence-corrected chi connectivity index (χ2v) is 5.24. The lowest BCUT2D eigenvalue weighted by atomic mass is 10.1. The summed E-state index contributed by atoms with van der Waals surface area (Å²) < 4.78 is 0. The molecular weight excluding hydrogens is 361 g/mol. The molecule has 9 heteroatoms. The first kappa shape index (κ1) is 24.6. The predicted molar refractivity (Wildman–Crippen MR) is 100 cm³/mol. The van der Waals surface area contributed by atoms with Gasteiger partial charge < -0.3 is 17.2 Å². The SMILES string of the molecule is Cl.Cl.Cl.NCC(N)(C(N)=O)N1CCN(Cc2ccccc2)CC1. The van der Waals surface area contributed by atoms with E-state index in [1.54, 1.807) is 0 Å². The molecule has 1 aliphatic heterocycles. The van der Waals surface area contributed by atoms with Gasteiger partial charge in [0, 0.05) is 39.3 Å². The molecule has 0 aromatic heterocycles. The second kappa shape index (κ2) is 11.0. The number of amides is 1. The maximum Gasteiger partial charge on any atom is 0.253 e. The summed E-state index contributed by atoms with van der Waals surface area (Å²) in [5.74, 6) is -0.559. The van der Waals surface area contributed by atoms with Crippen LogP contribution in [0.15, 0.2) is 30.3 Å². The molecule has 2 rings (SSSR count). The smallest absolute Gasteiger partial charge is 0.253 e. The number of rotatable bonds is 5. The minimum atomic E-state index is -1.22. The zero-order chi connectivity index (χ0) is 14.6. The van der Waals surface area contributed by atoms with Gasteiger partial charge in [0.2, 0.25) is 0 Å². The highest BCUT2D eigenvalue weighted by atomic mass is 35.5. The Bertz CT molecular complexity index is 457. The third-order valence-corrected chi connectivity index (χ3v) is 3.92. The van der Waals surface area contributed by atoms with Crippen LogP contribution in [0.1, 0.15) is 5.56 Å². The van der Waals surface area contributed by atoms with E-state index in [4.69, 9.17) is 17.2 Å². The molecule has 1 aliphatic rings. The number of nitrogens with two attached hydrogens (primary N) is 3. The Morgan fingerprint density at radius 3 is 2.00 bits per heavy atom. The van der Waals surface area contributed by atoms with E-state index in [0.717, 1.165) is 19.6 Å². The maximum atomic E-state index is 11.5. The molecule has 0 bridgehead atoms. The summed E-state index contributed by atoms with van der Waals surface area (Å²) >= 11 is 0. The van der Waals surface area contributed by atoms with Gasteiger partial charge >= 0.3 is 0 Å². The number of hydrogen-bond donors (Lipinski definition) is 3. The van der Waals surface area contributed by atoms with Crippen LogP contribution in [0.4, 0.5) is 0 Å². The fourth-order valence-electron chi connectivity index (χ4n) is 2.53. The van der Waals surface area contributed by atoms with Gasteiger partial charge in [-0.25, -0.2) is 0 Å². The number of primary amides is 1. The lowest BCUT2D eigenvalue weighted by molar-refractivity contribution is -0.131. The molecule has 134 valence electrons. The van der Waals surface area contributed by atoms with E-state index in [1.165, 1.54) is 5.56 Å². The van der Waals surface area contributed by atoms with E-state index in [2.05, 4.69) is 17.0 Å². The number of nitrogens with zero attached hydrogens (tertiary/aromatic N) is 2. The zero-order valence-electron chi connectivity index (χ0n) is 12.9. The molecule has 1 saturated heterocycles. The summed E-state index contributed by atoms with van der Waals surface area (Å²) in [5.41, 5.74) is 17.1. The monoisotopic (exact) mass is 385 g/mol. The summed E-state index contributed by atoms with van der Waals surface area (Å²) in [6.45, 7) is 4.04. The van der Waals surface area contributed by atoms with Crippen LogP contribution in [-0.2, 0) is 11.3 Å². The van der Waals surface area contributed by atoms with Crippen molar-refractivity contribution in [2.45, 2.75) is 12.2 Å². The fraction of sp³-hybridized carbons (Fsp3) is 0.500. The molecule has 1 aromatic carbocycles. The van der Waals surface area contributed by atoms with Crippen LogP contribution >= 0.6 is 37.2 Å². The Labute approximate surface area is 156 Å². The minimum absolute atomic E-state index is 0. The molecule has 1 aromatic rings. The normalized spacial score (nSPS) is 17.8. The molecule has 1 unspecified atom stereocenters. The quantitative estimate of drug-likeness (QED) is 0.669. The van der Waals surface area contributed by atoms with Crippen molar-refractivity contribution in [2.24, 2.45) is 17.2 Å². The van der Waals surface area contributed by atoms with Crippen LogP contribution in [-0.4, -0.2) is 54.1 Å². The molecule has 1 amide bonds. The second-order valence-electron chi connectivity index (χ2n) is 5.24. The Kier molecular flexibility index (Phi) is 11.8. The van der Waals surface area contributed by atoms with E-state index >= 15 is 0 Å². The van der Waals surface area contributed by atoms with Crippen molar-refractivity contribution in [1.29, 1.82) is 0 Å². The molecule has 1 heterocycles. The molecule has 0 saturated carbocycles. The Hall–Kier alpha value is -0.600. The first-order chi connectivity index (χ1) is 9.56. The van der Waals surface area contributed by atoms with Crippen molar-refractivity contribution in [3.63, 3.8) is 0 Å². The standard InChI is InChI=1S/C14H23N5O.3ClH/c15-11-14(17,13(16)20)19-8-6-18(7-9-19)10-12-4-2-1-3-5-12;;;/h1-5H,6-11,15,17H2,(H2,16,20);3*1H. The van der Waals surface area contributed by atoms with Crippen molar-refractivity contribution in [3.8, 4) is 0 Å². The van der Waals surface area contributed by atoms with Gasteiger partial charge in [0.25, 0.3) is 5.91 Å². The van der Waals surface area contributed by atoms with Gasteiger partial charge in [0.1, 0.15) is 0 Å². The first-order valence-electron chi connectivity index (χ1n) is 6.86. The predicted octanol–water partition coefficient (Wildman–Crippen LogP) is 0.169. The summed E-state index contributed by atoms with van der Waals surface area (Å²) in [5, 5.41) is 0. The van der Waals surface area contributed by atoms with Crippen molar-refractivity contribution in [2.75, 3.05) is 32.7 Å². The number of carbonyl (C=O) groups is 1. The summed E-state index contributed by atoms with van der Waals surface area (Å²) in [7, 11) is 0. The molecule has 23 heavy (non-hydrogen) atoms. The summed E-state index contributed by atoms with van der Waals surface area (Å²) in [6.07, 6.45) is 0. The number of hydrogen-bond acceptors (Lipinski definition) is 5. The van der Waals surface area contributed by atoms with Crippen LogP contribution in [0.5, 0.6) is 0 Å². The van der Waals surface area contributed by atoms with Crippen LogP contribution in [0.2, 0.25) is 0 Å². The van der Waals surface area contributed by atoms with Gasteiger partial charge in [0.15, 0.2) is 5.66 Å². The third-order valence-electron chi connectivity index (χ3n) is 3.92. The van der Waals surface area contributed by atoms with Crippen LogP contribution in [0, 0.1) is 0 Å². The largest absolute Gasteiger partial charge is 0.367 e. The van der Waals surface area contributed by atoms with Crippen LogP contribution in [0.25, 0.3) is 0 Å². The molecule has 0 spiro atoms. The van der Waals surface area contributed by atoms with Crippen molar-refractivity contribution >= 4 is 43.1 Å². The highest BCUT2D eigenvalue weighted by Crippen LogP contribution is 2.13. The zero-order valence-corrected chi connectivity index (χ0v) is 15.3.